The molecule has 0 bridgehead atoms. The number of benzene rings is 1. The molecule has 0 radical (unpaired) electrons. The van der Waals surface area contributed by atoms with Crippen LogP contribution in [-0.2, 0) is 9.47 Å². The zero-order valence-electron chi connectivity index (χ0n) is 16.2. The second-order valence-corrected chi connectivity index (χ2v) is 7.81. The molecule has 2 aliphatic heterocycles. The molecule has 0 unspecified atom stereocenters. The van der Waals surface area contributed by atoms with Crippen molar-refractivity contribution in [3.8, 4) is 11.5 Å². The van der Waals surface area contributed by atoms with Crippen LogP contribution in [0.5, 0.6) is 0 Å². The predicted octanol–water partition coefficient (Wildman–Crippen LogP) is 3.32. The minimum absolute atomic E-state index is 0.0857. The van der Waals surface area contributed by atoms with Crippen LogP contribution >= 0.6 is 0 Å². The van der Waals surface area contributed by atoms with Crippen LogP contribution in [0, 0.1) is 0 Å². The average molecular weight is 386 g/mol. The molecule has 8 nitrogen and oxygen atoms in total. The van der Waals surface area contributed by atoms with E-state index in [-0.39, 0.29) is 23.6 Å². The Morgan fingerprint density at radius 2 is 2.07 bits per heavy atom. The van der Waals surface area contributed by atoms with E-state index in [4.69, 9.17) is 14.0 Å². The first-order valence-electron chi connectivity index (χ1n) is 9.76. The lowest BCUT2D eigenvalue weighted by atomic mass is 9.90. The fourth-order valence-electron chi connectivity index (χ4n) is 3.65. The third kappa shape index (κ3) is 4.18. The number of amides is 2. The van der Waals surface area contributed by atoms with Crippen molar-refractivity contribution in [1.82, 2.24) is 15.5 Å². The van der Waals surface area contributed by atoms with Crippen LogP contribution in [0.3, 0.4) is 0 Å². The van der Waals surface area contributed by atoms with Crippen molar-refractivity contribution in [3.63, 3.8) is 0 Å². The molecule has 2 aliphatic rings. The summed E-state index contributed by atoms with van der Waals surface area (Å²) in [5.41, 5.74) is 1.30. The lowest BCUT2D eigenvalue weighted by molar-refractivity contribution is -0.0877. The van der Waals surface area contributed by atoms with Gasteiger partial charge in [0.1, 0.15) is 0 Å². The van der Waals surface area contributed by atoms with Crippen LogP contribution in [-0.4, -0.2) is 47.6 Å². The highest BCUT2D eigenvalue weighted by Gasteiger charge is 2.41. The summed E-state index contributed by atoms with van der Waals surface area (Å²) in [7, 11) is 0. The highest BCUT2D eigenvalue weighted by atomic mass is 16.6. The van der Waals surface area contributed by atoms with Crippen LogP contribution in [0.2, 0.25) is 0 Å². The second kappa shape index (κ2) is 7.89. The van der Waals surface area contributed by atoms with Gasteiger partial charge in [0.2, 0.25) is 0 Å². The molecule has 2 saturated heterocycles. The van der Waals surface area contributed by atoms with Crippen molar-refractivity contribution in [2.24, 2.45) is 0 Å². The Labute approximate surface area is 164 Å². The van der Waals surface area contributed by atoms with Crippen molar-refractivity contribution in [2.45, 2.75) is 50.7 Å². The number of hydrogen-bond donors (Lipinski definition) is 2. The van der Waals surface area contributed by atoms with Crippen LogP contribution in [0.4, 0.5) is 10.5 Å². The SMILES string of the molecule is CC(C)c1noc(-c2ccc(NC(=O)N[C@H]3CCO[C@]4(CCOC4)C3)cc2)n1. The minimum Gasteiger partial charge on any atom is -0.378 e. The number of carbonyl (C=O) groups is 1. The van der Waals surface area contributed by atoms with Crippen molar-refractivity contribution >= 4 is 11.7 Å². The van der Waals surface area contributed by atoms with Crippen LogP contribution in [0.15, 0.2) is 28.8 Å². The van der Waals surface area contributed by atoms with Crippen LogP contribution in [0.25, 0.3) is 11.5 Å². The molecule has 150 valence electrons. The Kier molecular flexibility index (Phi) is 5.32. The van der Waals surface area contributed by atoms with E-state index in [1.807, 2.05) is 38.1 Å². The first kappa shape index (κ1) is 18.9. The van der Waals surface area contributed by atoms with E-state index in [1.165, 1.54) is 0 Å². The van der Waals surface area contributed by atoms with Gasteiger partial charge in [-0.1, -0.05) is 19.0 Å². The van der Waals surface area contributed by atoms with Gasteiger partial charge in [0.05, 0.1) is 12.2 Å². The number of urea groups is 1. The van der Waals surface area contributed by atoms with Crippen LogP contribution in [0.1, 0.15) is 44.9 Å². The third-order valence-electron chi connectivity index (χ3n) is 5.24. The van der Waals surface area contributed by atoms with Crippen molar-refractivity contribution in [1.29, 1.82) is 0 Å². The smallest absolute Gasteiger partial charge is 0.319 e. The molecule has 8 heteroatoms. The molecule has 2 atom stereocenters. The van der Waals surface area contributed by atoms with E-state index in [9.17, 15) is 4.79 Å². The Morgan fingerprint density at radius 1 is 1.25 bits per heavy atom. The highest BCUT2D eigenvalue weighted by molar-refractivity contribution is 5.89. The minimum atomic E-state index is -0.225. The van der Waals surface area contributed by atoms with Gasteiger partial charge in [-0.15, -0.1) is 0 Å². The normalized spacial score (nSPS) is 24.6. The van der Waals surface area contributed by atoms with E-state index in [0.29, 0.717) is 30.6 Å². The molecule has 2 fully saturated rings. The quantitative estimate of drug-likeness (QED) is 0.836. The maximum absolute atomic E-state index is 12.4. The first-order valence-corrected chi connectivity index (χ1v) is 9.76. The maximum Gasteiger partial charge on any atom is 0.319 e. The van der Waals surface area contributed by atoms with Gasteiger partial charge in [0.15, 0.2) is 5.82 Å². The molecule has 4 rings (SSSR count). The van der Waals surface area contributed by atoms with E-state index < -0.39 is 0 Å². The monoisotopic (exact) mass is 386 g/mol. The fraction of sp³-hybridized carbons (Fsp3) is 0.550. The van der Waals surface area contributed by atoms with Crippen LogP contribution < -0.4 is 10.6 Å². The molecule has 28 heavy (non-hydrogen) atoms. The maximum atomic E-state index is 12.4. The molecule has 1 spiro atoms. The molecule has 2 N–H and O–H groups in total. The number of aromatic nitrogens is 2. The Morgan fingerprint density at radius 3 is 2.75 bits per heavy atom. The summed E-state index contributed by atoms with van der Waals surface area (Å²) >= 11 is 0. The summed E-state index contributed by atoms with van der Waals surface area (Å²) in [6.45, 7) is 6.01. The molecule has 2 aromatic rings. The van der Waals surface area contributed by atoms with Gasteiger partial charge < -0.3 is 24.6 Å². The van der Waals surface area contributed by atoms with Gasteiger partial charge in [-0.2, -0.15) is 4.98 Å². The Hall–Kier alpha value is -2.45. The molecule has 0 saturated carbocycles. The molecule has 2 amide bonds. The molecule has 0 aliphatic carbocycles. The van der Waals surface area contributed by atoms with Crippen molar-refractivity contribution < 1.29 is 18.8 Å². The summed E-state index contributed by atoms with van der Waals surface area (Å²) in [5.74, 6) is 1.37. The predicted molar refractivity (Wildman–Crippen MR) is 103 cm³/mol. The highest BCUT2D eigenvalue weighted by Crippen LogP contribution is 2.32. The molecular formula is C20H26N4O4. The van der Waals surface area contributed by atoms with Gasteiger partial charge in [0.25, 0.3) is 5.89 Å². The first-order chi connectivity index (χ1) is 13.5. The topological polar surface area (TPSA) is 98.5 Å². The molecular weight excluding hydrogens is 360 g/mol. The van der Waals surface area contributed by atoms with Gasteiger partial charge in [-0.25, -0.2) is 4.79 Å². The lowest BCUT2D eigenvalue weighted by Crippen LogP contribution is -2.49. The van der Waals surface area contributed by atoms with Gasteiger partial charge in [-0.05, 0) is 37.1 Å². The number of anilines is 1. The number of hydrogen-bond acceptors (Lipinski definition) is 6. The summed E-state index contributed by atoms with van der Waals surface area (Å²) in [6, 6.07) is 7.23. The zero-order chi connectivity index (χ0) is 19.6. The van der Waals surface area contributed by atoms with Gasteiger partial charge >= 0.3 is 6.03 Å². The largest absolute Gasteiger partial charge is 0.378 e. The van der Waals surface area contributed by atoms with Crippen molar-refractivity contribution in [2.75, 3.05) is 25.1 Å². The number of ether oxygens (including phenoxy) is 2. The average Bonchev–Trinajstić information content (AvgIpc) is 3.33. The molecule has 1 aromatic heterocycles. The standard InChI is InChI=1S/C20H26N4O4/c1-13(2)17-23-18(28-24-17)14-3-5-15(6-4-14)21-19(25)22-16-7-9-27-20(11-16)8-10-26-12-20/h3-6,13,16H,7-12H2,1-2H3,(H2,21,22,25)/t16-,20+/m0/s1. The fourth-order valence-corrected chi connectivity index (χ4v) is 3.65. The lowest BCUT2D eigenvalue weighted by Gasteiger charge is -2.37. The summed E-state index contributed by atoms with van der Waals surface area (Å²) < 4.78 is 16.7. The Bertz CT molecular complexity index is 812. The number of nitrogens with zero attached hydrogens (tertiary/aromatic N) is 2. The number of nitrogens with one attached hydrogen (secondary N) is 2. The summed E-state index contributed by atoms with van der Waals surface area (Å²) in [6.07, 6.45) is 2.49. The van der Waals surface area contributed by atoms with E-state index in [1.54, 1.807) is 0 Å². The third-order valence-corrected chi connectivity index (χ3v) is 5.24. The molecule has 3 heterocycles. The number of carbonyl (C=O) groups excluding carboxylic acids is 1. The second-order valence-electron chi connectivity index (χ2n) is 7.81. The summed E-state index contributed by atoms with van der Waals surface area (Å²) in [5, 5.41) is 9.91. The van der Waals surface area contributed by atoms with Gasteiger partial charge in [-0.3, -0.25) is 0 Å². The zero-order valence-corrected chi connectivity index (χ0v) is 16.2. The molecule has 1 aromatic carbocycles. The summed E-state index contributed by atoms with van der Waals surface area (Å²) in [4.78, 5) is 16.8. The Balaban J connectivity index is 1.33. The van der Waals surface area contributed by atoms with Gasteiger partial charge in [0, 0.05) is 42.8 Å². The van der Waals surface area contributed by atoms with E-state index in [0.717, 1.165) is 31.4 Å². The van der Waals surface area contributed by atoms with E-state index in [2.05, 4.69) is 20.8 Å². The number of rotatable bonds is 4. The van der Waals surface area contributed by atoms with E-state index >= 15 is 0 Å². The van der Waals surface area contributed by atoms with Crippen molar-refractivity contribution in [3.05, 3.63) is 30.1 Å².